The van der Waals surface area contributed by atoms with E-state index in [1.807, 2.05) is 6.92 Å². The van der Waals surface area contributed by atoms with Crippen molar-refractivity contribution in [3.8, 4) is 0 Å². The van der Waals surface area contributed by atoms with Crippen LogP contribution in [0.5, 0.6) is 0 Å². The van der Waals surface area contributed by atoms with Crippen molar-refractivity contribution in [3.05, 3.63) is 0 Å². The predicted octanol–water partition coefficient (Wildman–Crippen LogP) is 1.11. The number of aliphatic hydroxyl groups is 1. The van der Waals surface area contributed by atoms with Gasteiger partial charge in [-0.25, -0.2) is 0 Å². The highest BCUT2D eigenvalue weighted by atomic mass is 16.4. The summed E-state index contributed by atoms with van der Waals surface area (Å²) in [6, 6.07) is 0. The zero-order valence-corrected chi connectivity index (χ0v) is 7.53. The minimum absolute atomic E-state index is 0.0440. The van der Waals surface area contributed by atoms with Crippen LogP contribution in [0, 0.1) is 17.8 Å². The lowest BCUT2D eigenvalue weighted by Crippen LogP contribution is -2.29. The van der Waals surface area contributed by atoms with Crippen LogP contribution in [0.2, 0.25) is 0 Å². The van der Waals surface area contributed by atoms with Crippen molar-refractivity contribution in [2.45, 2.75) is 32.8 Å². The van der Waals surface area contributed by atoms with Gasteiger partial charge in [-0.05, 0) is 31.6 Å². The van der Waals surface area contributed by atoms with Crippen LogP contribution in [-0.2, 0) is 4.79 Å². The van der Waals surface area contributed by atoms with E-state index in [9.17, 15) is 9.90 Å². The molecule has 0 aromatic carbocycles. The Morgan fingerprint density at radius 2 is 2.08 bits per heavy atom. The Morgan fingerprint density at radius 1 is 1.50 bits per heavy atom. The van der Waals surface area contributed by atoms with Gasteiger partial charge in [0.15, 0.2) is 0 Å². The number of hydrogen-bond acceptors (Lipinski definition) is 2. The number of aliphatic carboxylic acids is 1. The third-order valence-corrected chi connectivity index (χ3v) is 2.93. The zero-order valence-electron chi connectivity index (χ0n) is 7.53. The molecule has 0 radical (unpaired) electrons. The van der Waals surface area contributed by atoms with Crippen LogP contribution in [0.25, 0.3) is 0 Å². The van der Waals surface area contributed by atoms with Gasteiger partial charge in [0, 0.05) is 0 Å². The van der Waals surface area contributed by atoms with E-state index in [1.54, 1.807) is 6.92 Å². The third-order valence-electron chi connectivity index (χ3n) is 2.93. The molecule has 1 fully saturated rings. The van der Waals surface area contributed by atoms with Crippen LogP contribution < -0.4 is 0 Å². The summed E-state index contributed by atoms with van der Waals surface area (Å²) in [4.78, 5) is 10.8. The summed E-state index contributed by atoms with van der Waals surface area (Å²) in [6.45, 7) is 3.62. The third kappa shape index (κ3) is 1.61. The molecule has 2 N–H and O–H groups in total. The quantitative estimate of drug-likeness (QED) is 0.656. The fourth-order valence-corrected chi connectivity index (χ4v) is 2.20. The lowest BCUT2D eigenvalue weighted by Gasteiger charge is -2.20. The Kier molecular flexibility index (Phi) is 2.73. The molecule has 0 aliphatic heterocycles. The smallest absolute Gasteiger partial charge is 0.307 e. The Labute approximate surface area is 72.4 Å². The average molecular weight is 172 g/mol. The SMILES string of the molecule is CC(O)[C@@H]1CC[C@H](C)[C@H]1C(=O)O. The average Bonchev–Trinajstić information content (AvgIpc) is 2.30. The van der Waals surface area contributed by atoms with Crippen molar-refractivity contribution in [2.75, 3.05) is 0 Å². The molecule has 0 aromatic rings. The van der Waals surface area contributed by atoms with E-state index in [4.69, 9.17) is 5.11 Å². The second kappa shape index (κ2) is 3.44. The van der Waals surface area contributed by atoms with Gasteiger partial charge in [0.05, 0.1) is 12.0 Å². The van der Waals surface area contributed by atoms with Crippen LogP contribution in [0.4, 0.5) is 0 Å². The molecule has 0 bridgehead atoms. The number of rotatable bonds is 2. The molecule has 1 unspecified atom stereocenters. The van der Waals surface area contributed by atoms with Gasteiger partial charge in [-0.2, -0.15) is 0 Å². The molecule has 1 saturated carbocycles. The predicted molar refractivity (Wildman–Crippen MR) is 44.7 cm³/mol. The summed E-state index contributed by atoms with van der Waals surface area (Å²) in [6.07, 6.45) is 1.28. The van der Waals surface area contributed by atoms with E-state index in [-0.39, 0.29) is 17.8 Å². The van der Waals surface area contributed by atoms with Gasteiger partial charge in [-0.15, -0.1) is 0 Å². The van der Waals surface area contributed by atoms with Crippen LogP contribution in [0.3, 0.4) is 0 Å². The molecular weight excluding hydrogens is 156 g/mol. The monoisotopic (exact) mass is 172 g/mol. The summed E-state index contributed by atoms with van der Waals surface area (Å²) in [5, 5.41) is 18.2. The Hall–Kier alpha value is -0.570. The summed E-state index contributed by atoms with van der Waals surface area (Å²) in [7, 11) is 0. The van der Waals surface area contributed by atoms with Crippen LogP contribution in [0.1, 0.15) is 26.7 Å². The van der Waals surface area contributed by atoms with E-state index in [2.05, 4.69) is 0 Å². The zero-order chi connectivity index (χ0) is 9.30. The Morgan fingerprint density at radius 3 is 2.42 bits per heavy atom. The van der Waals surface area contributed by atoms with Gasteiger partial charge in [0.2, 0.25) is 0 Å². The van der Waals surface area contributed by atoms with Crippen molar-refractivity contribution in [1.29, 1.82) is 0 Å². The number of carboxylic acid groups (broad SMARTS) is 1. The fourth-order valence-electron chi connectivity index (χ4n) is 2.20. The minimum Gasteiger partial charge on any atom is -0.481 e. The summed E-state index contributed by atoms with van der Waals surface area (Å²) < 4.78 is 0. The van der Waals surface area contributed by atoms with Gasteiger partial charge in [0.1, 0.15) is 0 Å². The van der Waals surface area contributed by atoms with E-state index in [1.165, 1.54) is 0 Å². The first-order valence-corrected chi connectivity index (χ1v) is 4.45. The van der Waals surface area contributed by atoms with Gasteiger partial charge in [-0.3, -0.25) is 4.79 Å². The molecule has 0 aromatic heterocycles. The highest BCUT2D eigenvalue weighted by Crippen LogP contribution is 2.38. The lowest BCUT2D eigenvalue weighted by molar-refractivity contribution is -0.145. The number of aliphatic hydroxyl groups excluding tert-OH is 1. The maximum atomic E-state index is 10.8. The van der Waals surface area contributed by atoms with Crippen molar-refractivity contribution in [2.24, 2.45) is 17.8 Å². The molecule has 4 atom stereocenters. The minimum atomic E-state index is -0.758. The molecule has 3 nitrogen and oxygen atoms in total. The maximum Gasteiger partial charge on any atom is 0.307 e. The van der Waals surface area contributed by atoms with Crippen molar-refractivity contribution in [3.63, 3.8) is 0 Å². The van der Waals surface area contributed by atoms with E-state index in [0.29, 0.717) is 0 Å². The van der Waals surface area contributed by atoms with Gasteiger partial charge < -0.3 is 10.2 Å². The van der Waals surface area contributed by atoms with Gasteiger partial charge in [0.25, 0.3) is 0 Å². The molecule has 12 heavy (non-hydrogen) atoms. The van der Waals surface area contributed by atoms with E-state index in [0.717, 1.165) is 12.8 Å². The molecule has 3 heteroatoms. The Balaban J connectivity index is 2.70. The first-order valence-electron chi connectivity index (χ1n) is 4.45. The highest BCUT2D eigenvalue weighted by Gasteiger charge is 2.40. The molecule has 70 valence electrons. The van der Waals surface area contributed by atoms with Crippen LogP contribution >= 0.6 is 0 Å². The molecule has 0 heterocycles. The van der Waals surface area contributed by atoms with E-state index >= 15 is 0 Å². The molecule has 0 spiro atoms. The number of hydrogen-bond donors (Lipinski definition) is 2. The molecule has 1 aliphatic rings. The second-order valence-electron chi connectivity index (χ2n) is 3.82. The van der Waals surface area contributed by atoms with E-state index < -0.39 is 12.1 Å². The maximum absolute atomic E-state index is 10.8. The topological polar surface area (TPSA) is 57.5 Å². The van der Waals surface area contributed by atoms with Gasteiger partial charge >= 0.3 is 5.97 Å². The summed E-state index contributed by atoms with van der Waals surface area (Å²) in [5.41, 5.74) is 0. The first kappa shape index (κ1) is 9.52. The van der Waals surface area contributed by atoms with Crippen LogP contribution in [0.15, 0.2) is 0 Å². The van der Waals surface area contributed by atoms with Gasteiger partial charge in [-0.1, -0.05) is 6.92 Å². The molecular formula is C9H16O3. The fraction of sp³-hybridized carbons (Fsp3) is 0.889. The van der Waals surface area contributed by atoms with Crippen molar-refractivity contribution >= 4 is 5.97 Å². The first-order chi connectivity index (χ1) is 5.54. The summed E-state index contributed by atoms with van der Waals surface area (Å²) >= 11 is 0. The number of carboxylic acids is 1. The largest absolute Gasteiger partial charge is 0.481 e. The molecule has 1 aliphatic carbocycles. The second-order valence-corrected chi connectivity index (χ2v) is 3.82. The standard InChI is InChI=1S/C9H16O3/c1-5-3-4-7(6(2)10)8(5)9(11)12/h5-8,10H,3-4H2,1-2H3,(H,11,12)/t5-,6?,7-,8+/m0/s1. The Bertz CT molecular complexity index is 177. The highest BCUT2D eigenvalue weighted by molar-refractivity contribution is 5.71. The molecule has 0 saturated heterocycles. The summed E-state index contributed by atoms with van der Waals surface area (Å²) in [5.74, 6) is -0.935. The van der Waals surface area contributed by atoms with Crippen molar-refractivity contribution < 1.29 is 15.0 Å². The van der Waals surface area contributed by atoms with Crippen molar-refractivity contribution in [1.82, 2.24) is 0 Å². The van der Waals surface area contributed by atoms with Crippen LogP contribution in [-0.4, -0.2) is 22.3 Å². The normalized spacial score (nSPS) is 38.1. The molecule has 0 amide bonds. The molecule has 1 rings (SSSR count). The number of carbonyl (C=O) groups is 1. The lowest BCUT2D eigenvalue weighted by atomic mass is 9.87.